The molecule has 0 heterocycles. The van der Waals surface area contributed by atoms with Crippen LogP contribution in [0, 0.1) is 0 Å². The van der Waals surface area contributed by atoms with Crippen molar-refractivity contribution in [2.75, 3.05) is 0 Å². The maximum Gasteiger partial charge on any atom is 0 e. The standard InChI is InChI=1S/B.4FH.H3N/h;4*1H;1H3. The Bertz CT molecular complexity index is 7.51. The summed E-state index contributed by atoms with van der Waals surface area (Å²) in [6.45, 7) is 0. The number of rotatable bonds is 0. The minimum absolute atomic E-state index is 0. The van der Waals surface area contributed by atoms with Crippen molar-refractivity contribution in [3.63, 3.8) is 0 Å². The van der Waals surface area contributed by atoms with Gasteiger partial charge in [0, 0.05) is 8.41 Å². The molecule has 0 amide bonds. The van der Waals surface area contributed by atoms with Crippen molar-refractivity contribution in [2.45, 2.75) is 0 Å². The van der Waals surface area contributed by atoms with Crippen LogP contribution in [0.4, 0.5) is 18.8 Å². The molecule has 6 heavy (non-hydrogen) atoms. The normalized spacial score (nSPS) is 0. The second kappa shape index (κ2) is 1020. The molecule has 0 spiro atoms. The van der Waals surface area contributed by atoms with Gasteiger partial charge < -0.3 is 6.15 Å². The molecule has 3 N–H and O–H groups in total. The molecule has 0 bridgehead atoms. The molecule has 0 saturated heterocycles. The van der Waals surface area contributed by atoms with Crippen LogP contribution < -0.4 is 6.15 Å². The lowest BCUT2D eigenvalue weighted by molar-refractivity contribution is 1.11. The highest BCUT2D eigenvalue weighted by Gasteiger charge is 0.0000180. The van der Waals surface area contributed by atoms with E-state index in [1.807, 2.05) is 0 Å². The van der Waals surface area contributed by atoms with Crippen LogP contribution in [0.3, 0.4) is 0 Å². The zero-order chi connectivity index (χ0) is 0. The Labute approximate surface area is 34.7 Å². The molecule has 43 valence electrons. The second-order valence-corrected chi connectivity index (χ2v) is 0. The quantitative estimate of drug-likeness (QED) is 0.353. The first-order chi connectivity index (χ1) is 0. The Balaban J connectivity index is 0. The molecule has 0 unspecified atom stereocenters. The van der Waals surface area contributed by atoms with E-state index in [1.165, 1.54) is 0 Å². The Hall–Kier alpha value is -0.255. The minimum Gasteiger partial charge on any atom is -0.344 e. The van der Waals surface area contributed by atoms with Crippen LogP contribution in [0.5, 0.6) is 0 Å². The van der Waals surface area contributed by atoms with E-state index >= 15 is 0 Å². The van der Waals surface area contributed by atoms with Crippen molar-refractivity contribution in [2.24, 2.45) is 0 Å². The second-order valence-electron chi connectivity index (χ2n) is 0. The van der Waals surface area contributed by atoms with Crippen molar-refractivity contribution >= 4 is 8.41 Å². The smallest absolute Gasteiger partial charge is 0 e. The summed E-state index contributed by atoms with van der Waals surface area (Å²) < 4.78 is 0. The third-order valence-corrected chi connectivity index (χ3v) is 0. The largest absolute Gasteiger partial charge is 0.344 e. The molecule has 0 atom stereocenters. The monoisotopic (exact) mass is 108 g/mol. The van der Waals surface area contributed by atoms with E-state index in [1.54, 1.807) is 0 Å². The topological polar surface area (TPSA) is 35.0 Å². The molecule has 0 aliphatic carbocycles. The van der Waals surface area contributed by atoms with Gasteiger partial charge in [0.1, 0.15) is 0 Å². The summed E-state index contributed by atoms with van der Waals surface area (Å²) in [5.41, 5.74) is 0. The maximum atomic E-state index is 0. The van der Waals surface area contributed by atoms with Gasteiger partial charge in [-0.1, -0.05) is 0 Å². The van der Waals surface area contributed by atoms with Gasteiger partial charge in [-0.05, 0) is 0 Å². The molecular weight excluding hydrogens is 101 g/mol. The van der Waals surface area contributed by atoms with E-state index in [9.17, 15) is 0 Å². The summed E-state index contributed by atoms with van der Waals surface area (Å²) in [4.78, 5) is 0. The van der Waals surface area contributed by atoms with Crippen molar-refractivity contribution < 1.29 is 18.8 Å². The highest BCUT2D eigenvalue weighted by atomic mass is 19.0. The predicted octanol–water partition coefficient (Wildman–Crippen LogP) is 0.391. The average molecular weight is 108 g/mol. The molecule has 6 heteroatoms. The molecule has 1 nitrogen and oxygen atoms in total. The van der Waals surface area contributed by atoms with E-state index in [4.69, 9.17) is 0 Å². The first kappa shape index (κ1) is 1990. The van der Waals surface area contributed by atoms with Crippen LogP contribution in [0.1, 0.15) is 0 Å². The van der Waals surface area contributed by atoms with Gasteiger partial charge >= 0.3 is 0 Å². The molecule has 0 aromatic carbocycles. The van der Waals surface area contributed by atoms with Crippen LogP contribution in [0.25, 0.3) is 0 Å². The van der Waals surface area contributed by atoms with Gasteiger partial charge in [-0.3, -0.25) is 18.8 Å². The summed E-state index contributed by atoms with van der Waals surface area (Å²) in [7, 11) is 0. The molecule has 0 aliphatic heterocycles. The fraction of sp³-hybridized carbons (Fsp3) is 0. The number of halogens is 4. The zero-order valence-corrected chi connectivity index (χ0v) is 2.92. The van der Waals surface area contributed by atoms with Crippen LogP contribution in [-0.4, -0.2) is 8.41 Å². The zero-order valence-electron chi connectivity index (χ0n) is 2.92. The third-order valence-electron chi connectivity index (χ3n) is 0. The fourth-order valence-corrected chi connectivity index (χ4v) is 0. The molecule has 0 aliphatic rings. The molecule has 0 fully saturated rings. The van der Waals surface area contributed by atoms with E-state index in [0.717, 1.165) is 0 Å². The summed E-state index contributed by atoms with van der Waals surface area (Å²) in [5, 5.41) is 0. The van der Waals surface area contributed by atoms with E-state index in [2.05, 4.69) is 0 Å². The van der Waals surface area contributed by atoms with Gasteiger partial charge in [0.25, 0.3) is 0 Å². The van der Waals surface area contributed by atoms with E-state index < -0.39 is 0 Å². The van der Waals surface area contributed by atoms with Crippen molar-refractivity contribution in [3.8, 4) is 0 Å². The Kier molecular flexibility index (Phi) is 339000. The maximum absolute atomic E-state index is 0. The summed E-state index contributed by atoms with van der Waals surface area (Å²) in [6, 6.07) is 0. The van der Waals surface area contributed by atoms with E-state index in [-0.39, 0.29) is 33.4 Å². The van der Waals surface area contributed by atoms with Crippen molar-refractivity contribution in [3.05, 3.63) is 0 Å². The van der Waals surface area contributed by atoms with Gasteiger partial charge in [0.2, 0.25) is 0 Å². The lowest BCUT2D eigenvalue weighted by atomic mass is 10.8. The van der Waals surface area contributed by atoms with Crippen LogP contribution >= 0.6 is 0 Å². The van der Waals surface area contributed by atoms with Crippen LogP contribution in [0.2, 0.25) is 0 Å². The minimum atomic E-state index is 0. The average Bonchev–Trinajstić information content (AvgIpc) is 0. The van der Waals surface area contributed by atoms with Crippen LogP contribution in [0.15, 0.2) is 0 Å². The molecule has 0 aromatic rings. The lowest BCUT2D eigenvalue weighted by Crippen LogP contribution is -0.481. The summed E-state index contributed by atoms with van der Waals surface area (Å²) in [6.07, 6.45) is 0. The van der Waals surface area contributed by atoms with Gasteiger partial charge in [0.15, 0.2) is 0 Å². The molecule has 0 aromatic heterocycles. The molecule has 3 radical (unpaired) electrons. The van der Waals surface area contributed by atoms with Crippen LogP contribution in [-0.2, 0) is 0 Å². The lowest BCUT2D eigenvalue weighted by Gasteiger charge is -0.344. The first-order valence-corrected chi connectivity index (χ1v) is 0. The molecule has 0 saturated carbocycles. The molecular formula is H7BF4N. The third kappa shape index (κ3) is 434. The van der Waals surface area contributed by atoms with Gasteiger partial charge in [-0.25, -0.2) is 0 Å². The summed E-state index contributed by atoms with van der Waals surface area (Å²) >= 11 is 0. The predicted molar refractivity (Wildman–Crippen MR) is 20.8 cm³/mol. The first-order valence-electron chi connectivity index (χ1n) is 0. The number of hydrogen-bond donors (Lipinski definition) is 1. The SMILES string of the molecule is F.F.F.F.N.[B]. The Morgan fingerprint density at radius 2 is 0.500 bits per heavy atom. The van der Waals surface area contributed by atoms with Crippen molar-refractivity contribution in [1.82, 2.24) is 6.15 Å². The highest BCUT2D eigenvalue weighted by Crippen LogP contribution is 0.423. The number of hydrogen-bond acceptors (Lipinski definition) is 1. The van der Waals surface area contributed by atoms with E-state index in [0.29, 0.717) is 0 Å². The Morgan fingerprint density at radius 1 is 0.500 bits per heavy atom. The molecule has 0 rings (SSSR count). The highest BCUT2D eigenvalue weighted by molar-refractivity contribution is 5.75. The summed E-state index contributed by atoms with van der Waals surface area (Å²) in [5.74, 6) is 0. The van der Waals surface area contributed by atoms with Crippen molar-refractivity contribution in [1.29, 1.82) is 0 Å². The Morgan fingerprint density at radius 3 is 0.500 bits per heavy atom. The fourth-order valence-electron chi connectivity index (χ4n) is 0. The van der Waals surface area contributed by atoms with Gasteiger partial charge in [-0.15, -0.1) is 0 Å². The van der Waals surface area contributed by atoms with Gasteiger partial charge in [0.05, 0.1) is 0 Å². The van der Waals surface area contributed by atoms with Gasteiger partial charge in [-0.2, -0.15) is 0 Å².